The second kappa shape index (κ2) is 3.77. The summed E-state index contributed by atoms with van der Waals surface area (Å²) in [5.74, 6) is -0.0933. The molecule has 1 aromatic heterocycles. The number of rotatable bonds is 2. The van der Waals surface area contributed by atoms with Gasteiger partial charge in [0.2, 0.25) is 5.76 Å². The summed E-state index contributed by atoms with van der Waals surface area (Å²) in [5.41, 5.74) is 1.65. The Morgan fingerprint density at radius 2 is 2.13 bits per heavy atom. The summed E-state index contributed by atoms with van der Waals surface area (Å²) in [4.78, 5) is 11.4. The number of aryl methyl sites for hydroxylation is 1. The summed E-state index contributed by atoms with van der Waals surface area (Å²) >= 11 is 0. The number of methoxy groups -OCH3 is 1. The summed E-state index contributed by atoms with van der Waals surface area (Å²) in [6.07, 6.45) is 0.751. The average molecular weight is 204 g/mol. The molecule has 0 bridgehead atoms. The van der Waals surface area contributed by atoms with Gasteiger partial charge in [0.25, 0.3) is 0 Å². The smallest absolute Gasteiger partial charge is 0.374 e. The molecule has 3 nitrogen and oxygen atoms in total. The van der Waals surface area contributed by atoms with Crippen LogP contribution in [0, 0.1) is 0 Å². The maximum atomic E-state index is 11.4. The molecule has 0 saturated carbocycles. The number of carbonyl (C=O) groups is 1. The Hall–Kier alpha value is -1.77. The van der Waals surface area contributed by atoms with E-state index in [9.17, 15) is 4.79 Å². The fourth-order valence-corrected chi connectivity index (χ4v) is 1.71. The topological polar surface area (TPSA) is 39.4 Å². The first kappa shape index (κ1) is 9.77. The lowest BCUT2D eigenvalue weighted by Gasteiger charge is -1.96. The van der Waals surface area contributed by atoms with E-state index in [2.05, 4.69) is 4.74 Å². The molecule has 3 heteroatoms. The van der Waals surface area contributed by atoms with E-state index >= 15 is 0 Å². The second-order valence-corrected chi connectivity index (χ2v) is 3.25. The van der Waals surface area contributed by atoms with Crippen LogP contribution < -0.4 is 0 Å². The van der Waals surface area contributed by atoms with Crippen molar-refractivity contribution in [1.82, 2.24) is 0 Å². The minimum atomic E-state index is -0.414. The third kappa shape index (κ3) is 1.50. The number of furan rings is 1. The van der Waals surface area contributed by atoms with Crippen molar-refractivity contribution in [3.8, 4) is 0 Å². The number of benzene rings is 1. The van der Waals surface area contributed by atoms with Crippen LogP contribution in [0.2, 0.25) is 0 Å². The summed E-state index contributed by atoms with van der Waals surface area (Å²) in [5, 5.41) is 0.986. The third-order valence-corrected chi connectivity index (χ3v) is 2.42. The molecule has 2 rings (SSSR count). The predicted molar refractivity (Wildman–Crippen MR) is 56.9 cm³/mol. The summed E-state index contributed by atoms with van der Waals surface area (Å²) in [7, 11) is 1.36. The Balaban J connectivity index is 2.69. The van der Waals surface area contributed by atoms with E-state index in [1.807, 2.05) is 31.2 Å². The first-order chi connectivity index (χ1) is 7.27. The van der Waals surface area contributed by atoms with Gasteiger partial charge in [-0.05, 0) is 12.5 Å². The van der Waals surface area contributed by atoms with Crippen molar-refractivity contribution >= 4 is 16.9 Å². The fraction of sp³-hybridized carbons (Fsp3) is 0.250. The van der Waals surface area contributed by atoms with Crippen molar-refractivity contribution in [2.75, 3.05) is 7.11 Å². The Bertz CT molecular complexity index is 497. The number of carbonyl (C=O) groups excluding carboxylic acids is 1. The highest BCUT2D eigenvalue weighted by Crippen LogP contribution is 2.26. The molecule has 2 aromatic rings. The van der Waals surface area contributed by atoms with Crippen molar-refractivity contribution in [1.29, 1.82) is 0 Å². The number of hydrogen-bond donors (Lipinski definition) is 0. The summed E-state index contributed by atoms with van der Waals surface area (Å²) < 4.78 is 10.1. The number of hydrogen-bond acceptors (Lipinski definition) is 3. The van der Waals surface area contributed by atoms with Gasteiger partial charge in [-0.1, -0.05) is 25.1 Å². The van der Waals surface area contributed by atoms with E-state index in [0.29, 0.717) is 5.76 Å². The van der Waals surface area contributed by atoms with E-state index in [-0.39, 0.29) is 0 Å². The highest BCUT2D eigenvalue weighted by atomic mass is 16.5. The first-order valence-corrected chi connectivity index (χ1v) is 4.86. The van der Waals surface area contributed by atoms with Gasteiger partial charge in [0.15, 0.2) is 0 Å². The molecule has 0 amide bonds. The van der Waals surface area contributed by atoms with E-state index in [1.54, 1.807) is 0 Å². The standard InChI is InChI=1S/C12H12O3/c1-3-8-9-6-4-5-7-10(9)15-11(8)12(13)14-2/h4-7H,3H2,1-2H3. The van der Waals surface area contributed by atoms with Crippen LogP contribution in [-0.4, -0.2) is 13.1 Å². The molecular weight excluding hydrogens is 192 g/mol. The molecule has 0 aliphatic carbocycles. The molecule has 0 spiro atoms. The van der Waals surface area contributed by atoms with Crippen molar-refractivity contribution in [3.05, 3.63) is 35.6 Å². The van der Waals surface area contributed by atoms with E-state index in [1.165, 1.54) is 7.11 Å². The van der Waals surface area contributed by atoms with Crippen molar-refractivity contribution in [3.63, 3.8) is 0 Å². The van der Waals surface area contributed by atoms with Gasteiger partial charge in [-0.2, -0.15) is 0 Å². The maximum Gasteiger partial charge on any atom is 0.374 e. The summed E-state index contributed by atoms with van der Waals surface area (Å²) in [6.45, 7) is 1.99. The number of fused-ring (bicyclic) bond motifs is 1. The number of para-hydroxylation sites is 1. The van der Waals surface area contributed by atoms with Gasteiger partial charge in [-0.3, -0.25) is 0 Å². The van der Waals surface area contributed by atoms with Gasteiger partial charge in [0, 0.05) is 10.9 Å². The molecule has 0 unspecified atom stereocenters. The minimum absolute atomic E-state index is 0.321. The van der Waals surface area contributed by atoms with Gasteiger partial charge in [0.1, 0.15) is 5.58 Å². The van der Waals surface area contributed by atoms with Crippen LogP contribution in [-0.2, 0) is 11.2 Å². The largest absolute Gasteiger partial charge is 0.463 e. The zero-order valence-corrected chi connectivity index (χ0v) is 8.74. The Kier molecular flexibility index (Phi) is 2.46. The first-order valence-electron chi connectivity index (χ1n) is 4.86. The highest BCUT2D eigenvalue weighted by molar-refractivity contribution is 5.96. The molecule has 0 aliphatic heterocycles. The fourth-order valence-electron chi connectivity index (χ4n) is 1.71. The Morgan fingerprint density at radius 3 is 2.80 bits per heavy atom. The quantitative estimate of drug-likeness (QED) is 0.706. The molecule has 0 radical (unpaired) electrons. The molecule has 1 heterocycles. The molecule has 15 heavy (non-hydrogen) atoms. The summed E-state index contributed by atoms with van der Waals surface area (Å²) in [6, 6.07) is 7.61. The van der Waals surface area contributed by atoms with Crippen LogP contribution in [0.1, 0.15) is 23.0 Å². The molecule has 0 saturated heterocycles. The van der Waals surface area contributed by atoms with Gasteiger partial charge < -0.3 is 9.15 Å². The molecular formula is C12H12O3. The van der Waals surface area contributed by atoms with E-state index in [4.69, 9.17) is 4.42 Å². The Morgan fingerprint density at radius 1 is 1.40 bits per heavy atom. The molecule has 1 aromatic carbocycles. The van der Waals surface area contributed by atoms with Gasteiger partial charge >= 0.3 is 5.97 Å². The zero-order valence-electron chi connectivity index (χ0n) is 8.74. The van der Waals surface area contributed by atoms with Crippen molar-refractivity contribution in [2.45, 2.75) is 13.3 Å². The van der Waals surface area contributed by atoms with Crippen LogP contribution in [0.25, 0.3) is 11.0 Å². The van der Waals surface area contributed by atoms with Crippen LogP contribution in [0.5, 0.6) is 0 Å². The van der Waals surface area contributed by atoms with Crippen LogP contribution in [0.4, 0.5) is 0 Å². The highest BCUT2D eigenvalue weighted by Gasteiger charge is 2.19. The van der Waals surface area contributed by atoms with Crippen molar-refractivity contribution < 1.29 is 13.9 Å². The van der Waals surface area contributed by atoms with Gasteiger partial charge in [-0.25, -0.2) is 4.79 Å². The molecule has 0 atom stereocenters. The average Bonchev–Trinajstić information content (AvgIpc) is 2.66. The van der Waals surface area contributed by atoms with Crippen LogP contribution >= 0.6 is 0 Å². The monoisotopic (exact) mass is 204 g/mol. The number of esters is 1. The lowest BCUT2D eigenvalue weighted by molar-refractivity contribution is 0.0566. The normalized spacial score (nSPS) is 10.5. The molecule has 0 aliphatic rings. The molecule has 0 fully saturated rings. The van der Waals surface area contributed by atoms with Crippen LogP contribution in [0.3, 0.4) is 0 Å². The number of ether oxygens (including phenoxy) is 1. The third-order valence-electron chi connectivity index (χ3n) is 2.42. The van der Waals surface area contributed by atoms with E-state index in [0.717, 1.165) is 23.0 Å². The molecule has 0 N–H and O–H groups in total. The maximum absolute atomic E-state index is 11.4. The van der Waals surface area contributed by atoms with Gasteiger partial charge in [-0.15, -0.1) is 0 Å². The van der Waals surface area contributed by atoms with E-state index < -0.39 is 5.97 Å². The predicted octanol–water partition coefficient (Wildman–Crippen LogP) is 2.78. The lowest BCUT2D eigenvalue weighted by atomic mass is 10.1. The van der Waals surface area contributed by atoms with Crippen molar-refractivity contribution in [2.24, 2.45) is 0 Å². The second-order valence-electron chi connectivity index (χ2n) is 3.25. The van der Waals surface area contributed by atoms with Gasteiger partial charge in [0.05, 0.1) is 7.11 Å². The Labute approximate surface area is 87.6 Å². The lowest BCUT2D eigenvalue weighted by Crippen LogP contribution is -2.02. The SMILES string of the molecule is CCc1c(C(=O)OC)oc2ccccc12. The zero-order chi connectivity index (χ0) is 10.8. The minimum Gasteiger partial charge on any atom is -0.463 e. The van der Waals surface area contributed by atoms with Crippen LogP contribution in [0.15, 0.2) is 28.7 Å². The molecule has 78 valence electrons.